The Balaban J connectivity index is 0.00000133. The molecule has 34 heavy (non-hydrogen) atoms. The molecule has 0 saturated heterocycles. The molecular weight excluding hydrogens is 428 g/mol. The fourth-order valence-electron chi connectivity index (χ4n) is 4.53. The molecule has 7 nitrogen and oxygen atoms in total. The number of hydrogen-bond donors (Lipinski definition) is 1. The number of benzene rings is 1. The number of carbonyl (C=O) groups excluding carboxylic acids is 1. The molecule has 3 aromatic rings. The van der Waals surface area contributed by atoms with Crippen LogP contribution in [0.25, 0.3) is 10.9 Å². The van der Waals surface area contributed by atoms with E-state index in [1.807, 2.05) is 48.9 Å². The van der Waals surface area contributed by atoms with Crippen molar-refractivity contribution in [1.29, 1.82) is 0 Å². The minimum absolute atomic E-state index is 0.165. The topological polar surface area (TPSA) is 81.5 Å². The number of esters is 1. The Morgan fingerprint density at radius 1 is 1.32 bits per heavy atom. The third-order valence-electron chi connectivity index (χ3n) is 6.18. The average Bonchev–Trinajstić information content (AvgIpc) is 3.44. The fraction of sp³-hybridized carbons (Fsp3) is 0.444. The maximum absolute atomic E-state index is 11.9. The highest BCUT2D eigenvalue weighted by Crippen LogP contribution is 2.37. The largest absolute Gasteiger partial charge is 0.465 e. The lowest BCUT2D eigenvalue weighted by Gasteiger charge is -2.29. The molecule has 1 aromatic carbocycles. The summed E-state index contributed by atoms with van der Waals surface area (Å²) in [6, 6.07) is 7.83. The van der Waals surface area contributed by atoms with Gasteiger partial charge in [-0.3, -0.25) is 9.89 Å². The molecule has 1 unspecified atom stereocenters. The summed E-state index contributed by atoms with van der Waals surface area (Å²) < 4.78 is 6.94. The molecule has 0 spiro atoms. The SMILES string of the molecule is CC.CCOC(=O)Cn1ccc2c(C3=NOC(c4n[nH]c5c4CCC(C)(C)C5)C#C3)cccc21. The van der Waals surface area contributed by atoms with Gasteiger partial charge in [-0.05, 0) is 55.6 Å². The van der Waals surface area contributed by atoms with Gasteiger partial charge in [-0.1, -0.05) is 45.0 Å². The second kappa shape index (κ2) is 9.76. The van der Waals surface area contributed by atoms with E-state index in [2.05, 4.69) is 41.0 Å². The van der Waals surface area contributed by atoms with E-state index in [0.29, 0.717) is 12.3 Å². The molecule has 3 heterocycles. The predicted octanol–water partition coefficient (Wildman–Crippen LogP) is 4.95. The Kier molecular flexibility index (Phi) is 6.78. The number of fused-ring (bicyclic) bond motifs is 2. The second-order valence-corrected chi connectivity index (χ2v) is 9.09. The summed E-state index contributed by atoms with van der Waals surface area (Å²) in [5.74, 6) is 6.11. The van der Waals surface area contributed by atoms with E-state index < -0.39 is 6.10 Å². The Morgan fingerprint density at radius 2 is 2.15 bits per heavy atom. The summed E-state index contributed by atoms with van der Waals surface area (Å²) in [6.45, 7) is 10.9. The lowest BCUT2D eigenvalue weighted by atomic mass is 9.76. The standard InChI is InChI=1S/C25H26N4O3.C2H6/c1-4-31-23(30)15-29-13-11-17-16(6-5-7-21(17)29)19-8-9-22(32-28-19)24-18-10-12-25(2,3)14-20(18)26-27-24;1-2/h5-7,11,13,22H,4,10,12,14-15H2,1-3H3,(H,26,27);1-2H3. The molecule has 1 aliphatic carbocycles. The summed E-state index contributed by atoms with van der Waals surface area (Å²) in [5.41, 5.74) is 5.91. The van der Waals surface area contributed by atoms with Gasteiger partial charge in [-0.15, -0.1) is 0 Å². The van der Waals surface area contributed by atoms with Gasteiger partial charge in [0.05, 0.1) is 6.61 Å². The van der Waals surface area contributed by atoms with Crippen LogP contribution in [0.3, 0.4) is 0 Å². The molecule has 0 radical (unpaired) electrons. The zero-order valence-electron chi connectivity index (χ0n) is 20.6. The van der Waals surface area contributed by atoms with E-state index in [1.165, 1.54) is 11.3 Å². The highest BCUT2D eigenvalue weighted by Gasteiger charge is 2.32. The van der Waals surface area contributed by atoms with Crippen molar-refractivity contribution in [3.63, 3.8) is 0 Å². The first-order chi connectivity index (χ1) is 16.4. The lowest BCUT2D eigenvalue weighted by Crippen LogP contribution is -2.22. The van der Waals surface area contributed by atoms with Crippen molar-refractivity contribution in [3.05, 3.63) is 53.0 Å². The van der Waals surface area contributed by atoms with Crippen LogP contribution in [0.5, 0.6) is 0 Å². The maximum atomic E-state index is 11.9. The Bertz CT molecular complexity index is 1290. The number of aromatic nitrogens is 3. The zero-order valence-corrected chi connectivity index (χ0v) is 20.6. The quantitative estimate of drug-likeness (QED) is 0.432. The molecule has 0 amide bonds. The first kappa shape index (κ1) is 23.6. The number of rotatable bonds is 5. The number of hydrogen-bond acceptors (Lipinski definition) is 5. The molecule has 0 bridgehead atoms. The van der Waals surface area contributed by atoms with Crippen molar-refractivity contribution in [2.24, 2.45) is 10.6 Å². The molecule has 1 N–H and O–H groups in total. The first-order valence-corrected chi connectivity index (χ1v) is 12.0. The Labute approximate surface area is 200 Å². The van der Waals surface area contributed by atoms with Gasteiger partial charge in [0, 0.05) is 33.9 Å². The highest BCUT2D eigenvalue weighted by molar-refractivity contribution is 6.19. The van der Waals surface area contributed by atoms with Gasteiger partial charge in [0.15, 0.2) is 5.71 Å². The van der Waals surface area contributed by atoms with Crippen LogP contribution in [-0.2, 0) is 33.8 Å². The third-order valence-corrected chi connectivity index (χ3v) is 6.18. The third kappa shape index (κ3) is 4.58. The lowest BCUT2D eigenvalue weighted by molar-refractivity contribution is -0.143. The van der Waals surface area contributed by atoms with E-state index in [4.69, 9.17) is 9.57 Å². The van der Waals surface area contributed by atoms with Gasteiger partial charge in [-0.2, -0.15) is 5.10 Å². The minimum Gasteiger partial charge on any atom is -0.465 e. The van der Waals surface area contributed by atoms with Crippen LogP contribution < -0.4 is 0 Å². The van der Waals surface area contributed by atoms with Crippen molar-refractivity contribution in [2.45, 2.75) is 66.5 Å². The number of carbonyl (C=O) groups is 1. The Morgan fingerprint density at radius 3 is 2.88 bits per heavy atom. The predicted molar refractivity (Wildman–Crippen MR) is 132 cm³/mol. The number of oxime groups is 1. The van der Waals surface area contributed by atoms with Crippen LogP contribution in [0.15, 0.2) is 35.6 Å². The molecule has 1 aliphatic heterocycles. The molecule has 5 rings (SSSR count). The van der Waals surface area contributed by atoms with Crippen LogP contribution in [0.2, 0.25) is 0 Å². The smallest absolute Gasteiger partial charge is 0.325 e. The van der Waals surface area contributed by atoms with Crippen molar-refractivity contribution >= 4 is 22.6 Å². The normalized spacial score (nSPS) is 17.9. The van der Waals surface area contributed by atoms with E-state index in [-0.39, 0.29) is 17.9 Å². The number of H-pyrrole nitrogens is 1. The van der Waals surface area contributed by atoms with Crippen LogP contribution >= 0.6 is 0 Å². The fourth-order valence-corrected chi connectivity index (χ4v) is 4.53. The van der Waals surface area contributed by atoms with E-state index in [0.717, 1.165) is 41.4 Å². The van der Waals surface area contributed by atoms with Crippen LogP contribution in [0, 0.1) is 17.3 Å². The number of ether oxygens (including phenoxy) is 1. The van der Waals surface area contributed by atoms with E-state index in [1.54, 1.807) is 6.92 Å². The summed E-state index contributed by atoms with van der Waals surface area (Å²) in [7, 11) is 0. The molecule has 2 aromatic heterocycles. The Hall–Kier alpha value is -3.53. The molecule has 178 valence electrons. The number of nitrogens with one attached hydrogen (secondary N) is 1. The summed E-state index contributed by atoms with van der Waals surface area (Å²) in [6.07, 6.45) is 4.48. The maximum Gasteiger partial charge on any atom is 0.325 e. The molecular formula is C27H32N4O3. The summed E-state index contributed by atoms with van der Waals surface area (Å²) in [5, 5.41) is 13.0. The van der Waals surface area contributed by atoms with Crippen molar-refractivity contribution < 1.29 is 14.4 Å². The van der Waals surface area contributed by atoms with Crippen molar-refractivity contribution in [2.75, 3.05) is 6.61 Å². The minimum atomic E-state index is -0.465. The molecule has 1 atom stereocenters. The molecule has 7 heteroatoms. The van der Waals surface area contributed by atoms with Gasteiger partial charge in [-0.25, -0.2) is 0 Å². The average molecular weight is 461 g/mol. The summed E-state index contributed by atoms with van der Waals surface area (Å²) >= 11 is 0. The first-order valence-electron chi connectivity index (χ1n) is 12.0. The monoisotopic (exact) mass is 460 g/mol. The van der Waals surface area contributed by atoms with Gasteiger partial charge in [0.2, 0.25) is 6.10 Å². The molecule has 0 fully saturated rings. The number of aromatic amines is 1. The van der Waals surface area contributed by atoms with Gasteiger partial charge in [0.1, 0.15) is 12.2 Å². The van der Waals surface area contributed by atoms with Crippen LogP contribution in [0.4, 0.5) is 0 Å². The van der Waals surface area contributed by atoms with Crippen molar-refractivity contribution in [1.82, 2.24) is 14.8 Å². The van der Waals surface area contributed by atoms with E-state index in [9.17, 15) is 4.79 Å². The van der Waals surface area contributed by atoms with Crippen LogP contribution in [0.1, 0.15) is 69.7 Å². The van der Waals surface area contributed by atoms with Gasteiger partial charge < -0.3 is 14.1 Å². The van der Waals surface area contributed by atoms with Crippen LogP contribution in [-0.4, -0.2) is 33.1 Å². The van der Waals surface area contributed by atoms with Crippen molar-refractivity contribution in [3.8, 4) is 11.8 Å². The van der Waals surface area contributed by atoms with E-state index >= 15 is 0 Å². The zero-order chi connectivity index (χ0) is 24.3. The highest BCUT2D eigenvalue weighted by atomic mass is 16.6. The molecule has 2 aliphatic rings. The second-order valence-electron chi connectivity index (χ2n) is 9.09. The van der Waals surface area contributed by atoms with Gasteiger partial charge in [0.25, 0.3) is 0 Å². The number of nitrogens with zero attached hydrogens (tertiary/aromatic N) is 3. The summed E-state index contributed by atoms with van der Waals surface area (Å²) in [4.78, 5) is 17.7. The molecule has 0 saturated carbocycles. The van der Waals surface area contributed by atoms with Gasteiger partial charge >= 0.3 is 5.97 Å².